The number of halogens is 3. The second-order valence-corrected chi connectivity index (χ2v) is 17.4. The van der Waals surface area contributed by atoms with Crippen molar-refractivity contribution in [2.24, 2.45) is 5.41 Å². The number of likely N-dealkylation sites (tertiary alicyclic amines) is 1. The Labute approximate surface area is 362 Å². The van der Waals surface area contributed by atoms with Crippen LogP contribution in [0.1, 0.15) is 55.1 Å². The molecular weight excluding hydrogens is 850 g/mol. The molecular formula is C43H41F3N6O8S2. The molecule has 0 spiro atoms. The van der Waals surface area contributed by atoms with E-state index in [0.717, 1.165) is 27.8 Å². The minimum absolute atomic E-state index is 0.00843. The Morgan fingerprint density at radius 3 is 2.39 bits per heavy atom. The number of thioether (sulfide) groups is 1. The van der Waals surface area contributed by atoms with Gasteiger partial charge in [0.2, 0.25) is 17.7 Å². The number of hydrogen-bond acceptors (Lipinski definition) is 12. The third-order valence-corrected chi connectivity index (χ3v) is 11.9. The summed E-state index contributed by atoms with van der Waals surface area (Å²) in [7, 11) is 1.25. The lowest BCUT2D eigenvalue weighted by molar-refractivity contribution is -0.144. The summed E-state index contributed by atoms with van der Waals surface area (Å²) in [4.78, 5) is 74.7. The zero-order valence-corrected chi connectivity index (χ0v) is 35.7. The first-order valence-electron chi connectivity index (χ1n) is 19.0. The summed E-state index contributed by atoms with van der Waals surface area (Å²) in [5.74, 6) is -3.44. The highest BCUT2D eigenvalue weighted by Gasteiger charge is 2.45. The number of nitrogens with zero attached hydrogens (tertiary/aromatic N) is 4. The molecule has 2 aliphatic heterocycles. The van der Waals surface area contributed by atoms with E-state index in [1.165, 1.54) is 53.7 Å². The fourth-order valence-corrected chi connectivity index (χ4v) is 8.45. The van der Waals surface area contributed by atoms with Crippen molar-refractivity contribution >= 4 is 58.0 Å². The van der Waals surface area contributed by atoms with E-state index in [1.807, 2.05) is 31.2 Å². The third kappa shape index (κ3) is 10.3. The summed E-state index contributed by atoms with van der Waals surface area (Å²) in [6, 6.07) is 14.0. The number of aromatic nitrogens is 1. The molecule has 3 heterocycles. The molecule has 6 rings (SSSR count). The van der Waals surface area contributed by atoms with Crippen molar-refractivity contribution in [3.05, 3.63) is 99.0 Å². The van der Waals surface area contributed by atoms with Crippen molar-refractivity contribution in [2.75, 3.05) is 20.2 Å². The zero-order valence-electron chi connectivity index (χ0n) is 34.0. The second-order valence-electron chi connectivity index (χ2n) is 15.5. The molecule has 2 fully saturated rings. The van der Waals surface area contributed by atoms with Gasteiger partial charge < -0.3 is 30.1 Å². The number of aryl methyl sites for hydroxylation is 1. The molecule has 3 N–H and O–H groups in total. The van der Waals surface area contributed by atoms with Crippen LogP contribution in [0, 0.1) is 23.7 Å². The summed E-state index contributed by atoms with van der Waals surface area (Å²) >= 11 is 2.08. The number of hydrogen-bond donors (Lipinski definition) is 3. The fourth-order valence-electron chi connectivity index (χ4n) is 6.81. The molecule has 0 saturated carbocycles. The molecule has 0 radical (unpaired) electrons. The minimum atomic E-state index is -4.82. The van der Waals surface area contributed by atoms with Gasteiger partial charge in [0.25, 0.3) is 11.1 Å². The number of carbonyl (C=O) groups excluding carboxylic acids is 5. The van der Waals surface area contributed by atoms with E-state index < -0.39 is 76.5 Å². The smallest absolute Gasteiger partial charge is 0.420 e. The number of carbonyl (C=O) groups is 5. The first-order chi connectivity index (χ1) is 29.3. The summed E-state index contributed by atoms with van der Waals surface area (Å²) in [5, 5.41) is 24.4. The number of benzene rings is 3. The van der Waals surface area contributed by atoms with Gasteiger partial charge in [-0.25, -0.2) is 4.98 Å². The molecule has 19 heteroatoms. The summed E-state index contributed by atoms with van der Waals surface area (Å²) in [5.41, 5.74) is 2.51. The maximum Gasteiger partial charge on any atom is 0.420 e. The number of rotatable bonds is 12. The van der Waals surface area contributed by atoms with Crippen LogP contribution in [0.4, 0.5) is 18.0 Å². The van der Waals surface area contributed by atoms with E-state index >= 15 is 0 Å². The number of ether oxygens (including phenoxy) is 2. The Hall–Kier alpha value is -6.23. The molecule has 0 aliphatic carbocycles. The van der Waals surface area contributed by atoms with Gasteiger partial charge in [-0.05, 0) is 77.2 Å². The van der Waals surface area contributed by atoms with E-state index in [1.54, 1.807) is 32.4 Å². The van der Waals surface area contributed by atoms with Crippen molar-refractivity contribution in [2.45, 2.75) is 65.0 Å². The molecule has 3 atom stereocenters. The normalized spacial score (nSPS) is 17.8. The molecule has 4 aromatic rings. The van der Waals surface area contributed by atoms with Crippen LogP contribution in [0.3, 0.4) is 0 Å². The van der Waals surface area contributed by atoms with Crippen LogP contribution in [-0.4, -0.2) is 87.1 Å². The van der Waals surface area contributed by atoms with E-state index in [0.29, 0.717) is 28.3 Å². The van der Waals surface area contributed by atoms with Gasteiger partial charge in [0.1, 0.15) is 24.4 Å². The first kappa shape index (κ1) is 45.3. The lowest BCUT2D eigenvalue weighted by Gasteiger charge is -2.35. The number of amides is 5. The number of imide groups is 1. The van der Waals surface area contributed by atoms with Crippen molar-refractivity contribution in [1.29, 1.82) is 5.26 Å². The van der Waals surface area contributed by atoms with Crippen LogP contribution in [-0.2, 0) is 31.9 Å². The van der Waals surface area contributed by atoms with Gasteiger partial charge in [-0.2, -0.15) is 18.4 Å². The Morgan fingerprint density at radius 1 is 1.05 bits per heavy atom. The minimum Gasteiger partial charge on any atom is -0.493 e. The average Bonchev–Trinajstić information content (AvgIpc) is 3.91. The molecule has 0 bridgehead atoms. The van der Waals surface area contributed by atoms with E-state index in [-0.39, 0.29) is 41.5 Å². The van der Waals surface area contributed by atoms with E-state index in [4.69, 9.17) is 14.7 Å². The van der Waals surface area contributed by atoms with Crippen LogP contribution >= 0.6 is 23.1 Å². The Morgan fingerprint density at radius 2 is 1.76 bits per heavy atom. The predicted octanol–water partition coefficient (Wildman–Crippen LogP) is 6.66. The van der Waals surface area contributed by atoms with Gasteiger partial charge in [-0.3, -0.25) is 28.9 Å². The van der Waals surface area contributed by atoms with Gasteiger partial charge >= 0.3 is 6.18 Å². The maximum atomic E-state index is 14.1. The highest BCUT2D eigenvalue weighted by molar-refractivity contribution is 8.18. The number of nitriles is 1. The standard InChI is InChI=1S/C43H41F3N6O8S2/c1-23-36(61-22-49-23)27-10-6-24(7-11-27)19-48-38(55)30-17-28(53)20-51(30)40(57)37(42(2,3)4)50-35(54)21-52-39(56)34(62-41(52)58)16-25-8-13-32(33(15-25)59-5)60-31-12-9-26(18-47)14-29(31)43(44,45)46/h6-16,22,28,30,37,53H,17,19-21H2,1-5H3,(H,48,55)(H,50,54)/b34-16-/t28-,30+,37-/m1/s1. The quantitative estimate of drug-likeness (QED) is 0.129. The lowest BCUT2D eigenvalue weighted by atomic mass is 9.85. The number of nitrogens with one attached hydrogen (secondary N) is 2. The largest absolute Gasteiger partial charge is 0.493 e. The van der Waals surface area contributed by atoms with Gasteiger partial charge in [-0.15, -0.1) is 11.3 Å². The summed E-state index contributed by atoms with van der Waals surface area (Å²) in [6.45, 7) is 6.29. The monoisotopic (exact) mass is 890 g/mol. The number of aliphatic hydroxyl groups is 1. The topological polar surface area (TPSA) is 191 Å². The fraction of sp³-hybridized carbons (Fsp3) is 0.326. The highest BCUT2D eigenvalue weighted by Crippen LogP contribution is 2.42. The molecule has 14 nitrogen and oxygen atoms in total. The van der Waals surface area contributed by atoms with Crippen LogP contribution < -0.4 is 20.1 Å². The lowest BCUT2D eigenvalue weighted by Crippen LogP contribution is -2.58. The number of aliphatic hydroxyl groups excluding tert-OH is 1. The number of thiazole rings is 1. The molecule has 3 aromatic carbocycles. The predicted molar refractivity (Wildman–Crippen MR) is 224 cm³/mol. The molecule has 1 aromatic heterocycles. The SMILES string of the molecule is COc1cc(/C=C2\SC(=O)N(CC(=O)N[C@H](C(=O)N3C[C@H](O)C[C@H]3C(=O)NCc3ccc(-c4scnc4C)cc3)C(C)(C)C)C2=O)ccc1Oc1ccc(C#N)cc1C(F)(F)F. The van der Waals surface area contributed by atoms with Crippen LogP contribution in [0.5, 0.6) is 17.2 Å². The van der Waals surface area contributed by atoms with Crippen LogP contribution in [0.25, 0.3) is 16.5 Å². The van der Waals surface area contributed by atoms with E-state index in [2.05, 4.69) is 15.6 Å². The van der Waals surface area contributed by atoms with E-state index in [9.17, 15) is 42.3 Å². The summed E-state index contributed by atoms with van der Waals surface area (Å²) in [6.07, 6.45) is -4.51. The van der Waals surface area contributed by atoms with Crippen molar-refractivity contribution in [3.63, 3.8) is 0 Å². The van der Waals surface area contributed by atoms with Crippen molar-refractivity contribution in [1.82, 2.24) is 25.4 Å². The molecule has 2 aliphatic rings. The molecule has 324 valence electrons. The van der Waals surface area contributed by atoms with Gasteiger partial charge in [-0.1, -0.05) is 51.1 Å². The molecule has 2 saturated heterocycles. The second kappa shape index (κ2) is 18.4. The first-order valence-corrected chi connectivity index (χ1v) is 20.7. The van der Waals surface area contributed by atoms with Gasteiger partial charge in [0, 0.05) is 19.5 Å². The van der Waals surface area contributed by atoms with Crippen LogP contribution in [0.2, 0.25) is 0 Å². The Bertz CT molecular complexity index is 2480. The summed E-state index contributed by atoms with van der Waals surface area (Å²) < 4.78 is 52.1. The zero-order chi connectivity index (χ0) is 45.1. The third-order valence-electron chi connectivity index (χ3n) is 10.0. The number of alkyl halides is 3. The van der Waals surface area contributed by atoms with Crippen molar-refractivity contribution in [3.8, 4) is 33.8 Å². The van der Waals surface area contributed by atoms with Crippen molar-refractivity contribution < 1.29 is 51.7 Å². The molecule has 62 heavy (non-hydrogen) atoms. The Balaban J connectivity index is 1.10. The average molecular weight is 891 g/mol. The maximum absolute atomic E-state index is 14.1. The number of methoxy groups -OCH3 is 1. The van der Waals surface area contributed by atoms with Gasteiger partial charge in [0.05, 0.1) is 51.4 Å². The highest BCUT2D eigenvalue weighted by atomic mass is 32.2. The van der Waals surface area contributed by atoms with Gasteiger partial charge in [0.15, 0.2) is 11.5 Å². The Kier molecular flexibility index (Phi) is 13.4. The molecule has 5 amide bonds. The molecule has 0 unspecified atom stereocenters. The van der Waals surface area contributed by atoms with Crippen LogP contribution in [0.15, 0.2) is 71.1 Å². The number of β-amino-alcohol motifs (C(OH)–C–C–N with tert-alkyl or cyclic N) is 1.